The number of likely N-dealkylation sites (N-methyl/N-ethyl adjacent to an activating group) is 1. The van der Waals surface area contributed by atoms with Crippen molar-refractivity contribution in [2.75, 3.05) is 19.8 Å². The third-order valence-electron chi connectivity index (χ3n) is 3.34. The molecule has 1 aromatic rings. The largest absolute Gasteiger partial charge is 0.379 e. The maximum absolute atomic E-state index is 13.5. The topological polar surface area (TPSA) is 38.3 Å². The molecule has 18 heavy (non-hydrogen) atoms. The molecule has 1 fully saturated rings. The van der Waals surface area contributed by atoms with Crippen LogP contribution in [-0.2, 0) is 4.74 Å². The molecular weight excluding hydrogens is 233 g/mol. The fourth-order valence-corrected chi connectivity index (χ4v) is 2.24. The molecule has 2 rings (SSSR count). The summed E-state index contributed by atoms with van der Waals surface area (Å²) in [5, 5.41) is 3.23. The lowest BCUT2D eigenvalue weighted by atomic mass is 9.93. The molecule has 0 aliphatic carbocycles. The van der Waals surface area contributed by atoms with Crippen LogP contribution in [0.5, 0.6) is 0 Å². The molecule has 0 saturated carbocycles. The zero-order valence-electron chi connectivity index (χ0n) is 10.7. The van der Waals surface area contributed by atoms with Crippen LogP contribution in [0, 0.1) is 18.7 Å². The highest BCUT2D eigenvalue weighted by molar-refractivity contribution is 5.98. The van der Waals surface area contributed by atoms with Gasteiger partial charge in [0.05, 0.1) is 19.1 Å². The predicted molar refractivity (Wildman–Crippen MR) is 67.2 cm³/mol. The van der Waals surface area contributed by atoms with E-state index in [1.165, 1.54) is 6.07 Å². The number of nitrogens with one attached hydrogen (secondary N) is 1. The van der Waals surface area contributed by atoms with Gasteiger partial charge in [0.25, 0.3) is 0 Å². The van der Waals surface area contributed by atoms with E-state index in [1.54, 1.807) is 19.1 Å². The van der Waals surface area contributed by atoms with Crippen molar-refractivity contribution in [3.05, 3.63) is 35.1 Å². The fourth-order valence-electron chi connectivity index (χ4n) is 2.24. The Morgan fingerprint density at radius 3 is 2.94 bits per heavy atom. The first kappa shape index (κ1) is 13.2. The minimum atomic E-state index is -0.334. The Bertz CT molecular complexity index is 447. The SMILES string of the molecule is CCNC1COCC1C(=O)c1ccc(C)c(F)c1. The summed E-state index contributed by atoms with van der Waals surface area (Å²) in [5.74, 6) is -0.593. The Balaban J connectivity index is 2.17. The third kappa shape index (κ3) is 2.60. The van der Waals surface area contributed by atoms with E-state index in [9.17, 15) is 9.18 Å². The van der Waals surface area contributed by atoms with E-state index >= 15 is 0 Å². The van der Waals surface area contributed by atoms with Crippen molar-refractivity contribution < 1.29 is 13.9 Å². The van der Waals surface area contributed by atoms with Crippen molar-refractivity contribution in [1.29, 1.82) is 0 Å². The molecule has 2 atom stereocenters. The highest BCUT2D eigenvalue weighted by atomic mass is 19.1. The van der Waals surface area contributed by atoms with Gasteiger partial charge < -0.3 is 10.1 Å². The number of Topliss-reactive ketones (excluding diaryl/α,β-unsaturated/α-hetero) is 1. The van der Waals surface area contributed by atoms with Gasteiger partial charge in [0.2, 0.25) is 0 Å². The molecule has 1 aromatic carbocycles. The van der Waals surface area contributed by atoms with Crippen molar-refractivity contribution in [3.8, 4) is 0 Å². The minimum absolute atomic E-state index is 0.0341. The molecule has 0 amide bonds. The van der Waals surface area contributed by atoms with Gasteiger partial charge in [-0.3, -0.25) is 4.79 Å². The summed E-state index contributed by atoms with van der Waals surface area (Å²) >= 11 is 0. The molecular formula is C14H18FNO2. The Hall–Kier alpha value is -1.26. The molecule has 0 bridgehead atoms. The van der Waals surface area contributed by atoms with Crippen molar-refractivity contribution in [1.82, 2.24) is 5.32 Å². The van der Waals surface area contributed by atoms with Crippen molar-refractivity contribution in [3.63, 3.8) is 0 Å². The van der Waals surface area contributed by atoms with Crippen LogP contribution in [0.3, 0.4) is 0 Å². The van der Waals surface area contributed by atoms with E-state index in [4.69, 9.17) is 4.74 Å². The molecule has 0 radical (unpaired) electrons. The molecule has 3 nitrogen and oxygen atoms in total. The molecule has 1 saturated heterocycles. The number of hydrogen-bond donors (Lipinski definition) is 1. The second-order valence-electron chi connectivity index (χ2n) is 4.64. The van der Waals surface area contributed by atoms with E-state index in [-0.39, 0.29) is 23.6 Å². The zero-order valence-corrected chi connectivity index (χ0v) is 10.7. The van der Waals surface area contributed by atoms with Gasteiger partial charge in [0, 0.05) is 11.6 Å². The smallest absolute Gasteiger partial charge is 0.170 e. The van der Waals surface area contributed by atoms with Gasteiger partial charge in [-0.2, -0.15) is 0 Å². The molecule has 1 N–H and O–H groups in total. The summed E-state index contributed by atoms with van der Waals surface area (Å²) in [6.07, 6.45) is 0. The summed E-state index contributed by atoms with van der Waals surface area (Å²) in [7, 11) is 0. The lowest BCUT2D eigenvalue weighted by Crippen LogP contribution is -2.39. The summed E-state index contributed by atoms with van der Waals surface area (Å²) in [6, 6.07) is 4.67. The molecule has 4 heteroatoms. The average molecular weight is 251 g/mol. The first-order valence-electron chi connectivity index (χ1n) is 6.25. The lowest BCUT2D eigenvalue weighted by Gasteiger charge is -2.17. The van der Waals surface area contributed by atoms with Crippen molar-refractivity contribution >= 4 is 5.78 Å². The standard InChI is InChI=1S/C14H18FNO2/c1-3-16-13-8-18-7-11(13)14(17)10-5-4-9(2)12(15)6-10/h4-6,11,13,16H,3,7-8H2,1-2H3. The number of hydrogen-bond acceptors (Lipinski definition) is 3. The highest BCUT2D eigenvalue weighted by Crippen LogP contribution is 2.20. The van der Waals surface area contributed by atoms with Crippen LogP contribution in [0.1, 0.15) is 22.8 Å². The van der Waals surface area contributed by atoms with E-state index in [0.717, 1.165) is 6.54 Å². The van der Waals surface area contributed by atoms with E-state index in [1.807, 2.05) is 6.92 Å². The van der Waals surface area contributed by atoms with Crippen LogP contribution in [0.25, 0.3) is 0 Å². The predicted octanol–water partition coefficient (Wildman–Crippen LogP) is 1.94. The van der Waals surface area contributed by atoms with E-state index in [0.29, 0.717) is 24.3 Å². The van der Waals surface area contributed by atoms with E-state index < -0.39 is 0 Å². The number of halogens is 1. The van der Waals surface area contributed by atoms with Crippen LogP contribution < -0.4 is 5.32 Å². The molecule has 0 aromatic heterocycles. The molecule has 0 spiro atoms. The van der Waals surface area contributed by atoms with Gasteiger partial charge >= 0.3 is 0 Å². The fraction of sp³-hybridized carbons (Fsp3) is 0.500. The molecule has 1 aliphatic rings. The lowest BCUT2D eigenvalue weighted by molar-refractivity contribution is 0.0891. The number of rotatable bonds is 4. The number of carbonyl (C=O) groups is 1. The van der Waals surface area contributed by atoms with Crippen molar-refractivity contribution in [2.24, 2.45) is 5.92 Å². The Labute approximate surface area is 106 Å². The summed E-state index contributed by atoms with van der Waals surface area (Å²) < 4.78 is 18.8. The first-order valence-corrected chi connectivity index (χ1v) is 6.25. The molecule has 1 heterocycles. The second-order valence-corrected chi connectivity index (χ2v) is 4.64. The maximum Gasteiger partial charge on any atom is 0.170 e. The van der Waals surface area contributed by atoms with Crippen LogP contribution in [-0.4, -0.2) is 31.6 Å². The molecule has 98 valence electrons. The van der Waals surface area contributed by atoms with Crippen LogP contribution >= 0.6 is 0 Å². The number of ketones is 1. The van der Waals surface area contributed by atoms with E-state index in [2.05, 4.69) is 5.32 Å². The summed E-state index contributed by atoms with van der Waals surface area (Å²) in [4.78, 5) is 12.3. The van der Waals surface area contributed by atoms with Gasteiger partial charge in [0.15, 0.2) is 5.78 Å². The summed E-state index contributed by atoms with van der Waals surface area (Å²) in [5.41, 5.74) is 0.981. The van der Waals surface area contributed by atoms with Crippen LogP contribution in [0.15, 0.2) is 18.2 Å². The Kier molecular flexibility index (Phi) is 4.09. The number of benzene rings is 1. The maximum atomic E-state index is 13.5. The molecule has 1 aliphatic heterocycles. The average Bonchev–Trinajstić information content (AvgIpc) is 2.80. The van der Waals surface area contributed by atoms with Crippen LogP contribution in [0.2, 0.25) is 0 Å². The Morgan fingerprint density at radius 1 is 1.50 bits per heavy atom. The van der Waals surface area contributed by atoms with Gasteiger partial charge in [-0.1, -0.05) is 19.1 Å². The number of carbonyl (C=O) groups excluding carboxylic acids is 1. The van der Waals surface area contributed by atoms with Gasteiger partial charge in [-0.15, -0.1) is 0 Å². The highest BCUT2D eigenvalue weighted by Gasteiger charge is 2.33. The van der Waals surface area contributed by atoms with Crippen LogP contribution in [0.4, 0.5) is 4.39 Å². The molecule has 2 unspecified atom stereocenters. The zero-order chi connectivity index (χ0) is 13.1. The second kappa shape index (κ2) is 5.59. The van der Waals surface area contributed by atoms with Gasteiger partial charge in [-0.25, -0.2) is 4.39 Å². The normalized spacial score (nSPS) is 23.3. The first-order chi connectivity index (χ1) is 8.63. The number of aryl methyl sites for hydroxylation is 1. The van der Waals surface area contributed by atoms with Gasteiger partial charge in [0.1, 0.15) is 5.82 Å². The summed E-state index contributed by atoms with van der Waals surface area (Å²) in [6.45, 7) is 5.42. The Morgan fingerprint density at radius 2 is 2.28 bits per heavy atom. The van der Waals surface area contributed by atoms with Crippen molar-refractivity contribution in [2.45, 2.75) is 19.9 Å². The number of ether oxygens (including phenoxy) is 1. The monoisotopic (exact) mass is 251 g/mol. The minimum Gasteiger partial charge on any atom is -0.379 e. The van der Waals surface area contributed by atoms with Gasteiger partial charge in [-0.05, 0) is 25.1 Å². The third-order valence-corrected chi connectivity index (χ3v) is 3.34. The quantitative estimate of drug-likeness (QED) is 0.831.